The predicted molar refractivity (Wildman–Crippen MR) is 116 cm³/mol. The molecular formula is C19H22BrClN6. The molecule has 142 valence electrons. The first-order valence-electron chi connectivity index (χ1n) is 8.82. The molecule has 1 aromatic heterocycles. The number of anilines is 2. The molecule has 1 fully saturated rings. The van der Waals surface area contributed by atoms with Crippen molar-refractivity contribution in [1.82, 2.24) is 20.7 Å². The van der Waals surface area contributed by atoms with Gasteiger partial charge in [0.2, 0.25) is 0 Å². The maximum atomic E-state index is 4.27. The molecule has 3 aromatic rings. The van der Waals surface area contributed by atoms with Gasteiger partial charge in [-0.1, -0.05) is 34.1 Å². The molecule has 6 nitrogen and oxygen atoms in total. The van der Waals surface area contributed by atoms with Crippen LogP contribution in [0.2, 0.25) is 0 Å². The van der Waals surface area contributed by atoms with Crippen LogP contribution in [0.3, 0.4) is 0 Å². The number of aromatic nitrogens is 3. The van der Waals surface area contributed by atoms with Crippen molar-refractivity contribution < 1.29 is 0 Å². The number of halogens is 2. The van der Waals surface area contributed by atoms with Gasteiger partial charge in [-0.3, -0.25) is 0 Å². The Morgan fingerprint density at radius 2 is 1.89 bits per heavy atom. The fourth-order valence-electron chi connectivity index (χ4n) is 3.31. The van der Waals surface area contributed by atoms with Crippen LogP contribution in [0.15, 0.2) is 46.9 Å². The number of nitrogens with one attached hydrogen (secondary N) is 2. The Balaban J connectivity index is 0.00000210. The summed E-state index contributed by atoms with van der Waals surface area (Å²) in [5.41, 5.74) is 3.23. The van der Waals surface area contributed by atoms with Gasteiger partial charge in [-0.05, 0) is 42.0 Å². The third-order valence-corrected chi connectivity index (χ3v) is 5.46. The van der Waals surface area contributed by atoms with Gasteiger partial charge in [0.15, 0.2) is 5.82 Å². The van der Waals surface area contributed by atoms with E-state index in [0.717, 1.165) is 47.4 Å². The van der Waals surface area contributed by atoms with Crippen molar-refractivity contribution in [1.29, 1.82) is 0 Å². The largest absolute Gasteiger partial charge is 0.369 e. The summed E-state index contributed by atoms with van der Waals surface area (Å²) in [6.45, 7) is 6.15. The molecule has 0 aliphatic carbocycles. The Labute approximate surface area is 173 Å². The summed E-state index contributed by atoms with van der Waals surface area (Å²) < 4.78 is 1.08. The van der Waals surface area contributed by atoms with E-state index in [4.69, 9.17) is 0 Å². The van der Waals surface area contributed by atoms with Crippen molar-refractivity contribution in [3.63, 3.8) is 0 Å². The van der Waals surface area contributed by atoms with E-state index in [-0.39, 0.29) is 18.4 Å². The van der Waals surface area contributed by atoms with Crippen LogP contribution in [-0.2, 0) is 0 Å². The number of hydrogen-bond donors (Lipinski definition) is 2. The molecule has 1 unspecified atom stereocenters. The van der Waals surface area contributed by atoms with Crippen LogP contribution in [0.5, 0.6) is 0 Å². The molecule has 0 amide bonds. The maximum absolute atomic E-state index is 4.27. The summed E-state index contributed by atoms with van der Waals surface area (Å²) in [7, 11) is 0. The zero-order valence-electron chi connectivity index (χ0n) is 15.0. The Morgan fingerprint density at radius 1 is 1.11 bits per heavy atom. The lowest BCUT2D eigenvalue weighted by Gasteiger charge is -2.29. The molecule has 2 heterocycles. The van der Waals surface area contributed by atoms with E-state index >= 15 is 0 Å². The van der Waals surface area contributed by atoms with Gasteiger partial charge in [0.05, 0.1) is 11.6 Å². The van der Waals surface area contributed by atoms with E-state index in [1.54, 1.807) is 0 Å². The first-order chi connectivity index (χ1) is 12.7. The second-order valence-corrected chi connectivity index (χ2v) is 7.32. The summed E-state index contributed by atoms with van der Waals surface area (Å²) in [6, 6.07) is 14.6. The summed E-state index contributed by atoms with van der Waals surface area (Å²) in [4.78, 5) is 2.39. The van der Waals surface area contributed by atoms with Gasteiger partial charge in [-0.25, -0.2) is 0 Å². The molecule has 1 aliphatic rings. The molecule has 0 spiro atoms. The molecular weight excluding hydrogens is 428 g/mol. The van der Waals surface area contributed by atoms with E-state index < -0.39 is 0 Å². The van der Waals surface area contributed by atoms with Crippen LogP contribution < -0.4 is 15.5 Å². The molecule has 2 aromatic carbocycles. The third-order valence-electron chi connectivity index (χ3n) is 4.74. The highest BCUT2D eigenvalue weighted by Crippen LogP contribution is 2.29. The average Bonchev–Trinajstić information content (AvgIpc) is 2.69. The number of fused-ring (bicyclic) bond motifs is 1. The van der Waals surface area contributed by atoms with Gasteiger partial charge in [0, 0.05) is 41.7 Å². The van der Waals surface area contributed by atoms with E-state index in [2.05, 4.69) is 72.0 Å². The fourth-order valence-corrected chi connectivity index (χ4v) is 3.93. The highest BCUT2D eigenvalue weighted by atomic mass is 79.9. The van der Waals surface area contributed by atoms with Crippen LogP contribution in [0.1, 0.15) is 18.5 Å². The first kappa shape index (κ1) is 19.8. The number of rotatable bonds is 4. The van der Waals surface area contributed by atoms with Gasteiger partial charge >= 0.3 is 0 Å². The van der Waals surface area contributed by atoms with Crippen LogP contribution in [0.25, 0.3) is 10.9 Å². The van der Waals surface area contributed by atoms with E-state index in [1.807, 2.05) is 24.3 Å². The fraction of sp³-hybridized carbons (Fsp3) is 0.316. The Morgan fingerprint density at radius 3 is 2.67 bits per heavy atom. The second-order valence-electron chi connectivity index (χ2n) is 6.46. The SMILES string of the molecule is CC(Nc1nnnc2ccc(N3CCNCC3)cc12)c1ccccc1Br.Cl. The quantitative estimate of drug-likeness (QED) is 0.632. The second kappa shape index (κ2) is 8.82. The van der Waals surface area contributed by atoms with Crippen molar-refractivity contribution in [2.24, 2.45) is 0 Å². The van der Waals surface area contributed by atoms with Crippen LogP contribution >= 0.6 is 28.3 Å². The summed E-state index contributed by atoms with van der Waals surface area (Å²) in [6.07, 6.45) is 0. The molecule has 8 heteroatoms. The first-order valence-corrected chi connectivity index (χ1v) is 9.61. The molecule has 0 bridgehead atoms. The standard InChI is InChI=1S/C19H21BrN6.ClH/c1-13(15-4-2-3-5-17(15)20)22-19-16-12-14(26-10-8-21-9-11-26)6-7-18(16)23-25-24-19;/h2-7,12-13,21H,8-11H2,1H3,(H,22,23,24);1H. The summed E-state index contributed by atoms with van der Waals surface area (Å²) in [5.74, 6) is 0.759. The Kier molecular flexibility index (Phi) is 6.46. The predicted octanol–water partition coefficient (Wildman–Crippen LogP) is 3.79. The molecule has 1 atom stereocenters. The van der Waals surface area contributed by atoms with Gasteiger partial charge in [-0.15, -0.1) is 22.6 Å². The lowest BCUT2D eigenvalue weighted by atomic mass is 10.1. The van der Waals surface area contributed by atoms with E-state index in [9.17, 15) is 0 Å². The highest BCUT2D eigenvalue weighted by Gasteiger charge is 2.15. The molecule has 1 saturated heterocycles. The van der Waals surface area contributed by atoms with Crippen molar-refractivity contribution in [2.75, 3.05) is 36.4 Å². The van der Waals surface area contributed by atoms with Crippen molar-refractivity contribution in [3.05, 3.63) is 52.5 Å². The topological polar surface area (TPSA) is 66.0 Å². The Hall–Kier alpha value is -1.96. The Bertz CT molecular complexity index is 916. The monoisotopic (exact) mass is 448 g/mol. The molecule has 27 heavy (non-hydrogen) atoms. The number of piperazine rings is 1. The minimum Gasteiger partial charge on any atom is -0.369 e. The van der Waals surface area contributed by atoms with Crippen LogP contribution in [0, 0.1) is 0 Å². The van der Waals surface area contributed by atoms with Gasteiger partial charge in [0.25, 0.3) is 0 Å². The van der Waals surface area contributed by atoms with Crippen LogP contribution in [-0.4, -0.2) is 41.6 Å². The van der Waals surface area contributed by atoms with E-state index in [0.29, 0.717) is 0 Å². The van der Waals surface area contributed by atoms with Crippen molar-refractivity contribution >= 4 is 50.7 Å². The molecule has 2 N–H and O–H groups in total. The van der Waals surface area contributed by atoms with Gasteiger partial charge in [-0.2, -0.15) is 0 Å². The van der Waals surface area contributed by atoms with Crippen LogP contribution in [0.4, 0.5) is 11.5 Å². The normalized spacial score (nSPS) is 15.3. The lowest BCUT2D eigenvalue weighted by Crippen LogP contribution is -2.43. The smallest absolute Gasteiger partial charge is 0.160 e. The maximum Gasteiger partial charge on any atom is 0.160 e. The van der Waals surface area contributed by atoms with Crippen molar-refractivity contribution in [3.8, 4) is 0 Å². The third kappa shape index (κ3) is 4.31. The number of hydrogen-bond acceptors (Lipinski definition) is 6. The minimum atomic E-state index is 0. The molecule has 1 aliphatic heterocycles. The highest BCUT2D eigenvalue weighted by molar-refractivity contribution is 9.10. The molecule has 0 saturated carbocycles. The zero-order chi connectivity index (χ0) is 17.9. The van der Waals surface area contributed by atoms with E-state index in [1.165, 1.54) is 11.3 Å². The number of benzene rings is 2. The average molecular weight is 450 g/mol. The lowest BCUT2D eigenvalue weighted by molar-refractivity contribution is 0.589. The van der Waals surface area contributed by atoms with Gasteiger partial charge < -0.3 is 15.5 Å². The van der Waals surface area contributed by atoms with Crippen molar-refractivity contribution in [2.45, 2.75) is 13.0 Å². The number of nitrogens with zero attached hydrogens (tertiary/aromatic N) is 4. The summed E-state index contributed by atoms with van der Waals surface area (Å²) in [5, 5.41) is 20.3. The zero-order valence-corrected chi connectivity index (χ0v) is 17.4. The molecule has 4 rings (SSSR count). The molecule has 0 radical (unpaired) electrons. The summed E-state index contributed by atoms with van der Waals surface area (Å²) >= 11 is 3.62. The minimum absolute atomic E-state index is 0. The van der Waals surface area contributed by atoms with Gasteiger partial charge in [0.1, 0.15) is 0 Å².